The van der Waals surface area contributed by atoms with E-state index in [0.29, 0.717) is 12.4 Å². The molecule has 1 atom stereocenters. The first-order valence-electron chi connectivity index (χ1n) is 10.0. The lowest BCUT2D eigenvalue weighted by Crippen LogP contribution is -2.37. The molecule has 2 aromatic carbocycles. The smallest absolute Gasteiger partial charge is 0.244 e. The molecule has 0 spiro atoms. The van der Waals surface area contributed by atoms with Crippen molar-refractivity contribution in [2.24, 2.45) is 0 Å². The number of rotatable bonds is 9. The first-order chi connectivity index (χ1) is 15.1. The van der Waals surface area contributed by atoms with Gasteiger partial charge in [-0.1, -0.05) is 48.5 Å². The Hall–Kier alpha value is -3.93. The van der Waals surface area contributed by atoms with Crippen LogP contribution < -0.4 is 15.4 Å². The molecule has 1 unspecified atom stereocenters. The van der Waals surface area contributed by atoms with Crippen molar-refractivity contribution in [3.05, 3.63) is 102 Å². The minimum absolute atomic E-state index is 0.0990. The van der Waals surface area contributed by atoms with E-state index < -0.39 is 0 Å². The molecule has 6 nitrogen and oxygen atoms in total. The third-order valence-electron chi connectivity index (χ3n) is 4.50. The second kappa shape index (κ2) is 11.3. The van der Waals surface area contributed by atoms with E-state index in [1.807, 2.05) is 79.7 Å². The highest BCUT2D eigenvalue weighted by atomic mass is 16.5. The second-order valence-electron chi connectivity index (χ2n) is 6.93. The predicted molar refractivity (Wildman–Crippen MR) is 120 cm³/mol. The summed E-state index contributed by atoms with van der Waals surface area (Å²) in [4.78, 5) is 28.4. The van der Waals surface area contributed by atoms with Gasteiger partial charge in [0.05, 0.1) is 18.3 Å². The number of pyridine rings is 1. The Morgan fingerprint density at radius 1 is 1.03 bits per heavy atom. The lowest BCUT2D eigenvalue weighted by atomic mass is 10.1. The van der Waals surface area contributed by atoms with E-state index >= 15 is 0 Å². The van der Waals surface area contributed by atoms with Crippen LogP contribution in [0.15, 0.2) is 85.1 Å². The lowest BCUT2D eigenvalue weighted by Gasteiger charge is -2.16. The van der Waals surface area contributed by atoms with E-state index in [2.05, 4.69) is 15.6 Å². The fourth-order valence-corrected chi connectivity index (χ4v) is 2.85. The summed E-state index contributed by atoms with van der Waals surface area (Å²) in [6, 6.07) is 22.5. The number of hydrogen-bond acceptors (Lipinski definition) is 4. The van der Waals surface area contributed by atoms with Crippen LogP contribution in [0.1, 0.15) is 29.8 Å². The van der Waals surface area contributed by atoms with Gasteiger partial charge in [-0.2, -0.15) is 0 Å². The average molecular weight is 415 g/mol. The van der Waals surface area contributed by atoms with Crippen LogP contribution in [-0.4, -0.2) is 23.3 Å². The van der Waals surface area contributed by atoms with Crippen molar-refractivity contribution in [2.75, 3.05) is 6.54 Å². The first kappa shape index (κ1) is 21.8. The molecule has 1 aromatic heterocycles. The van der Waals surface area contributed by atoms with Crippen molar-refractivity contribution in [1.29, 1.82) is 0 Å². The molecule has 0 aliphatic rings. The third kappa shape index (κ3) is 7.44. The molecule has 2 N–H and O–H groups in total. The van der Waals surface area contributed by atoms with Gasteiger partial charge in [0.25, 0.3) is 0 Å². The highest BCUT2D eigenvalue weighted by Gasteiger charge is 2.11. The maximum atomic E-state index is 12.2. The van der Waals surface area contributed by atoms with Crippen LogP contribution in [0, 0.1) is 0 Å². The summed E-state index contributed by atoms with van der Waals surface area (Å²) in [5.74, 6) is 0.106. The van der Waals surface area contributed by atoms with E-state index in [9.17, 15) is 9.59 Å². The Morgan fingerprint density at radius 2 is 1.84 bits per heavy atom. The molecule has 158 valence electrons. The van der Waals surface area contributed by atoms with Crippen LogP contribution in [0.2, 0.25) is 0 Å². The van der Waals surface area contributed by atoms with Gasteiger partial charge < -0.3 is 15.4 Å². The number of carbonyl (C=O) groups is 2. The summed E-state index contributed by atoms with van der Waals surface area (Å²) < 4.78 is 5.79. The van der Waals surface area contributed by atoms with Gasteiger partial charge >= 0.3 is 0 Å². The van der Waals surface area contributed by atoms with E-state index in [-0.39, 0.29) is 24.4 Å². The van der Waals surface area contributed by atoms with Crippen molar-refractivity contribution >= 4 is 17.9 Å². The molecular weight excluding hydrogens is 390 g/mol. The van der Waals surface area contributed by atoms with E-state index in [1.54, 1.807) is 12.3 Å². The molecule has 3 aromatic rings. The number of nitrogens with zero attached hydrogens (tertiary/aromatic N) is 1. The van der Waals surface area contributed by atoms with Gasteiger partial charge in [-0.05, 0) is 48.4 Å². The largest absolute Gasteiger partial charge is 0.487 e. The standard InChI is InChI=1S/C25H25N3O3/c1-19(21-10-7-12-23(16-21)31-18-22-11-5-6-15-26-22)28-25(30)17-27-24(29)14-13-20-8-3-2-4-9-20/h2-16,19H,17-18H2,1H3,(H,27,29)(H,28,30)/b14-13+. The fourth-order valence-electron chi connectivity index (χ4n) is 2.85. The van der Waals surface area contributed by atoms with E-state index in [1.165, 1.54) is 6.08 Å². The molecular formula is C25H25N3O3. The average Bonchev–Trinajstić information content (AvgIpc) is 2.81. The van der Waals surface area contributed by atoms with Gasteiger partial charge in [0.2, 0.25) is 11.8 Å². The zero-order valence-electron chi connectivity index (χ0n) is 17.3. The number of amides is 2. The maximum Gasteiger partial charge on any atom is 0.244 e. The summed E-state index contributed by atoms with van der Waals surface area (Å²) in [6.07, 6.45) is 4.84. The van der Waals surface area contributed by atoms with E-state index in [0.717, 1.165) is 16.8 Å². The number of benzene rings is 2. The SMILES string of the molecule is CC(NC(=O)CNC(=O)/C=C/c1ccccc1)c1cccc(OCc2ccccn2)c1. The zero-order chi connectivity index (χ0) is 21.9. The summed E-state index contributed by atoms with van der Waals surface area (Å²) in [5.41, 5.74) is 2.66. The van der Waals surface area contributed by atoms with Gasteiger partial charge in [0.1, 0.15) is 12.4 Å². The Morgan fingerprint density at radius 3 is 2.61 bits per heavy atom. The Kier molecular flexibility index (Phi) is 7.94. The highest BCUT2D eigenvalue weighted by molar-refractivity contribution is 5.94. The Balaban J connectivity index is 1.45. The van der Waals surface area contributed by atoms with Gasteiger partial charge in [-0.25, -0.2) is 0 Å². The molecule has 3 rings (SSSR count). The minimum atomic E-state index is -0.323. The fraction of sp³-hybridized carbons (Fsp3) is 0.160. The Bertz CT molecular complexity index is 1020. The number of hydrogen-bond donors (Lipinski definition) is 2. The monoisotopic (exact) mass is 415 g/mol. The van der Waals surface area contributed by atoms with Crippen molar-refractivity contribution in [2.45, 2.75) is 19.6 Å². The van der Waals surface area contributed by atoms with Crippen LogP contribution in [0.5, 0.6) is 5.75 Å². The van der Waals surface area contributed by atoms with Crippen molar-refractivity contribution in [1.82, 2.24) is 15.6 Å². The van der Waals surface area contributed by atoms with Gasteiger partial charge in [0, 0.05) is 12.3 Å². The molecule has 0 saturated carbocycles. The van der Waals surface area contributed by atoms with Gasteiger partial charge in [0.15, 0.2) is 0 Å². The minimum Gasteiger partial charge on any atom is -0.487 e. The van der Waals surface area contributed by atoms with Crippen molar-refractivity contribution < 1.29 is 14.3 Å². The van der Waals surface area contributed by atoms with Gasteiger partial charge in [-0.3, -0.25) is 14.6 Å². The summed E-state index contributed by atoms with van der Waals surface area (Å²) >= 11 is 0. The van der Waals surface area contributed by atoms with Crippen LogP contribution in [0.4, 0.5) is 0 Å². The Labute approximate surface area is 182 Å². The summed E-state index contributed by atoms with van der Waals surface area (Å²) in [7, 11) is 0. The van der Waals surface area contributed by atoms with Crippen LogP contribution in [-0.2, 0) is 16.2 Å². The van der Waals surface area contributed by atoms with Crippen LogP contribution >= 0.6 is 0 Å². The number of carbonyl (C=O) groups excluding carboxylic acids is 2. The molecule has 6 heteroatoms. The maximum absolute atomic E-state index is 12.2. The molecule has 2 amide bonds. The third-order valence-corrected chi connectivity index (χ3v) is 4.50. The lowest BCUT2D eigenvalue weighted by molar-refractivity contribution is -0.124. The number of aromatic nitrogens is 1. The molecule has 0 aliphatic heterocycles. The molecule has 0 bridgehead atoms. The molecule has 31 heavy (non-hydrogen) atoms. The number of ether oxygens (including phenoxy) is 1. The predicted octanol–water partition coefficient (Wildman–Crippen LogP) is 3.67. The number of nitrogens with one attached hydrogen (secondary N) is 2. The quantitative estimate of drug-likeness (QED) is 0.523. The first-order valence-corrected chi connectivity index (χ1v) is 10.0. The van der Waals surface area contributed by atoms with Gasteiger partial charge in [-0.15, -0.1) is 0 Å². The van der Waals surface area contributed by atoms with E-state index in [4.69, 9.17) is 4.74 Å². The molecule has 0 aliphatic carbocycles. The molecule has 1 heterocycles. The molecule has 0 fully saturated rings. The summed E-state index contributed by atoms with van der Waals surface area (Å²) in [5, 5.41) is 5.47. The highest BCUT2D eigenvalue weighted by Crippen LogP contribution is 2.19. The second-order valence-corrected chi connectivity index (χ2v) is 6.93. The molecule has 0 radical (unpaired) electrons. The zero-order valence-corrected chi connectivity index (χ0v) is 17.3. The van der Waals surface area contributed by atoms with Crippen LogP contribution in [0.3, 0.4) is 0 Å². The van der Waals surface area contributed by atoms with Crippen molar-refractivity contribution in [3.8, 4) is 5.75 Å². The molecule has 0 saturated heterocycles. The van der Waals surface area contributed by atoms with Crippen molar-refractivity contribution in [3.63, 3.8) is 0 Å². The summed E-state index contributed by atoms with van der Waals surface area (Å²) in [6.45, 7) is 2.15. The normalized spacial score (nSPS) is 11.6. The topological polar surface area (TPSA) is 80.3 Å². The van der Waals surface area contributed by atoms with Crippen LogP contribution in [0.25, 0.3) is 6.08 Å².